The van der Waals surface area contributed by atoms with Gasteiger partial charge in [0.15, 0.2) is 0 Å². The highest BCUT2D eigenvalue weighted by Crippen LogP contribution is 2.37. The predicted octanol–water partition coefficient (Wildman–Crippen LogP) is 4.05. The fourth-order valence-corrected chi connectivity index (χ4v) is 2.91. The van der Waals surface area contributed by atoms with Gasteiger partial charge in [0.1, 0.15) is 5.75 Å². The molecule has 1 unspecified atom stereocenters. The van der Waals surface area contributed by atoms with Crippen LogP contribution < -0.4 is 5.32 Å². The van der Waals surface area contributed by atoms with Gasteiger partial charge in [0.25, 0.3) is 5.69 Å². The van der Waals surface area contributed by atoms with Crippen LogP contribution >= 0.6 is 11.6 Å². The lowest BCUT2D eigenvalue weighted by Crippen LogP contribution is -2.07. The number of phenols is 1. The zero-order valence-electron chi connectivity index (χ0n) is 11.0. The van der Waals surface area contributed by atoms with E-state index in [1.165, 1.54) is 12.1 Å². The van der Waals surface area contributed by atoms with Crippen LogP contribution in [-0.4, -0.2) is 10.0 Å². The molecule has 0 saturated heterocycles. The summed E-state index contributed by atoms with van der Waals surface area (Å²) in [6.07, 6.45) is 1.78. The molecule has 1 aliphatic rings. The standard InChI is InChI=1S/C15H13ClN2O3/c16-13-8-10(18(20)21)2-6-15(13)17-14-5-1-9-7-11(19)3-4-12(9)14/h2-4,6-8,14,17,19H,1,5H2. The third kappa shape index (κ3) is 2.64. The minimum atomic E-state index is -0.469. The molecule has 0 spiro atoms. The first-order valence-electron chi connectivity index (χ1n) is 6.57. The summed E-state index contributed by atoms with van der Waals surface area (Å²) in [7, 11) is 0. The highest BCUT2D eigenvalue weighted by atomic mass is 35.5. The maximum Gasteiger partial charge on any atom is 0.271 e. The van der Waals surface area contributed by atoms with Crippen LogP contribution in [0.5, 0.6) is 5.75 Å². The number of aromatic hydroxyl groups is 1. The van der Waals surface area contributed by atoms with E-state index in [1.807, 2.05) is 6.07 Å². The van der Waals surface area contributed by atoms with Crippen molar-refractivity contribution in [3.8, 4) is 5.75 Å². The number of rotatable bonds is 3. The van der Waals surface area contributed by atoms with Crippen molar-refractivity contribution >= 4 is 23.0 Å². The van der Waals surface area contributed by atoms with Gasteiger partial charge in [-0.25, -0.2) is 0 Å². The van der Waals surface area contributed by atoms with Gasteiger partial charge in [-0.15, -0.1) is 0 Å². The lowest BCUT2D eigenvalue weighted by molar-refractivity contribution is -0.384. The molecular formula is C15H13ClN2O3. The van der Waals surface area contributed by atoms with Gasteiger partial charge in [0.2, 0.25) is 0 Å². The molecule has 108 valence electrons. The van der Waals surface area contributed by atoms with Crippen molar-refractivity contribution in [3.63, 3.8) is 0 Å². The number of nitrogens with one attached hydrogen (secondary N) is 1. The molecule has 0 heterocycles. The normalized spacial score (nSPS) is 16.5. The van der Waals surface area contributed by atoms with E-state index < -0.39 is 4.92 Å². The van der Waals surface area contributed by atoms with Crippen molar-refractivity contribution in [3.05, 3.63) is 62.7 Å². The number of nitrogens with zero attached hydrogens (tertiary/aromatic N) is 1. The van der Waals surface area contributed by atoms with Gasteiger partial charge in [-0.2, -0.15) is 0 Å². The topological polar surface area (TPSA) is 75.4 Å². The first-order chi connectivity index (χ1) is 10.0. The van der Waals surface area contributed by atoms with E-state index in [0.717, 1.165) is 24.0 Å². The van der Waals surface area contributed by atoms with E-state index in [2.05, 4.69) is 5.32 Å². The average molecular weight is 305 g/mol. The van der Waals surface area contributed by atoms with Crippen molar-refractivity contribution in [2.45, 2.75) is 18.9 Å². The molecule has 6 heteroatoms. The summed E-state index contributed by atoms with van der Waals surface area (Å²) in [5.41, 5.74) is 2.89. The molecule has 2 aromatic rings. The smallest absolute Gasteiger partial charge is 0.271 e. The van der Waals surface area contributed by atoms with Gasteiger partial charge < -0.3 is 10.4 Å². The molecule has 21 heavy (non-hydrogen) atoms. The second kappa shape index (κ2) is 5.26. The van der Waals surface area contributed by atoms with E-state index in [1.54, 1.807) is 18.2 Å². The summed E-state index contributed by atoms with van der Waals surface area (Å²) >= 11 is 6.10. The molecule has 5 nitrogen and oxygen atoms in total. The lowest BCUT2D eigenvalue weighted by atomic mass is 10.1. The van der Waals surface area contributed by atoms with Crippen molar-refractivity contribution < 1.29 is 10.0 Å². The molecule has 1 aliphatic carbocycles. The average Bonchev–Trinajstić information content (AvgIpc) is 2.83. The number of fused-ring (bicyclic) bond motifs is 1. The fraction of sp³-hybridized carbons (Fsp3) is 0.200. The van der Waals surface area contributed by atoms with E-state index in [-0.39, 0.29) is 17.5 Å². The molecule has 0 radical (unpaired) electrons. The summed E-state index contributed by atoms with van der Waals surface area (Å²) < 4.78 is 0. The molecule has 0 fully saturated rings. The SMILES string of the molecule is O=[N+]([O-])c1ccc(NC2CCc3cc(O)ccc32)c(Cl)c1. The van der Waals surface area contributed by atoms with E-state index in [4.69, 9.17) is 11.6 Å². The highest BCUT2D eigenvalue weighted by molar-refractivity contribution is 6.33. The Morgan fingerprint density at radius 2 is 2.10 bits per heavy atom. The number of aryl methyl sites for hydroxylation is 1. The zero-order chi connectivity index (χ0) is 15.0. The van der Waals surface area contributed by atoms with Gasteiger partial charge in [-0.1, -0.05) is 17.7 Å². The maximum atomic E-state index is 10.7. The number of anilines is 1. The number of phenolic OH excluding ortho intramolecular Hbond substituents is 1. The highest BCUT2D eigenvalue weighted by Gasteiger charge is 2.23. The third-order valence-electron chi connectivity index (χ3n) is 3.70. The molecule has 0 bridgehead atoms. The number of halogens is 1. The summed E-state index contributed by atoms with van der Waals surface area (Å²) in [4.78, 5) is 10.2. The van der Waals surface area contributed by atoms with E-state index in [9.17, 15) is 15.2 Å². The van der Waals surface area contributed by atoms with Crippen LogP contribution in [0, 0.1) is 10.1 Å². The minimum Gasteiger partial charge on any atom is -0.508 e. The quantitative estimate of drug-likeness (QED) is 0.662. The Bertz CT molecular complexity index is 718. The molecule has 3 rings (SSSR count). The molecule has 2 aromatic carbocycles. The van der Waals surface area contributed by atoms with Crippen LogP contribution in [0.3, 0.4) is 0 Å². The number of nitro groups is 1. The second-order valence-electron chi connectivity index (χ2n) is 5.04. The van der Waals surface area contributed by atoms with Gasteiger partial charge in [-0.3, -0.25) is 10.1 Å². The Kier molecular flexibility index (Phi) is 3.43. The van der Waals surface area contributed by atoms with Gasteiger partial charge in [0, 0.05) is 12.1 Å². The van der Waals surface area contributed by atoms with Crippen molar-refractivity contribution in [2.75, 3.05) is 5.32 Å². The molecule has 2 N–H and O–H groups in total. The monoisotopic (exact) mass is 304 g/mol. The van der Waals surface area contributed by atoms with Crippen LogP contribution in [0.1, 0.15) is 23.6 Å². The Hall–Kier alpha value is -2.27. The molecule has 0 aliphatic heterocycles. The van der Waals surface area contributed by atoms with Crippen LogP contribution in [-0.2, 0) is 6.42 Å². The fourth-order valence-electron chi connectivity index (χ4n) is 2.68. The number of hydrogen-bond acceptors (Lipinski definition) is 4. The van der Waals surface area contributed by atoms with Crippen LogP contribution in [0.25, 0.3) is 0 Å². The maximum absolute atomic E-state index is 10.7. The zero-order valence-corrected chi connectivity index (χ0v) is 11.8. The largest absolute Gasteiger partial charge is 0.508 e. The van der Waals surface area contributed by atoms with Gasteiger partial charge >= 0.3 is 0 Å². The molecular weight excluding hydrogens is 292 g/mol. The number of benzene rings is 2. The first kappa shape index (κ1) is 13.7. The Morgan fingerprint density at radius 1 is 1.29 bits per heavy atom. The summed E-state index contributed by atoms with van der Waals surface area (Å²) in [6, 6.07) is 9.83. The molecule has 0 saturated carbocycles. The van der Waals surface area contributed by atoms with Crippen LogP contribution in [0.4, 0.5) is 11.4 Å². The number of nitro benzene ring substituents is 1. The van der Waals surface area contributed by atoms with Gasteiger partial charge in [0.05, 0.1) is 21.7 Å². The van der Waals surface area contributed by atoms with Crippen molar-refractivity contribution in [2.24, 2.45) is 0 Å². The first-order valence-corrected chi connectivity index (χ1v) is 6.94. The predicted molar refractivity (Wildman–Crippen MR) is 80.9 cm³/mol. The Balaban J connectivity index is 1.84. The Labute approximate surface area is 126 Å². The third-order valence-corrected chi connectivity index (χ3v) is 4.01. The Morgan fingerprint density at radius 3 is 2.81 bits per heavy atom. The number of non-ortho nitro benzene ring substituents is 1. The van der Waals surface area contributed by atoms with Crippen LogP contribution in [0.2, 0.25) is 5.02 Å². The van der Waals surface area contributed by atoms with Crippen molar-refractivity contribution in [1.82, 2.24) is 0 Å². The minimum absolute atomic E-state index is 0.0257. The lowest BCUT2D eigenvalue weighted by Gasteiger charge is -2.16. The summed E-state index contributed by atoms with van der Waals surface area (Å²) in [5.74, 6) is 0.266. The van der Waals surface area contributed by atoms with Crippen molar-refractivity contribution in [1.29, 1.82) is 0 Å². The van der Waals surface area contributed by atoms with Gasteiger partial charge in [-0.05, 0) is 42.2 Å². The van der Waals surface area contributed by atoms with E-state index >= 15 is 0 Å². The summed E-state index contributed by atoms with van der Waals surface area (Å²) in [6.45, 7) is 0. The van der Waals surface area contributed by atoms with Crippen LogP contribution in [0.15, 0.2) is 36.4 Å². The molecule has 0 amide bonds. The number of hydrogen-bond donors (Lipinski definition) is 2. The molecule has 1 atom stereocenters. The second-order valence-corrected chi connectivity index (χ2v) is 5.45. The summed E-state index contributed by atoms with van der Waals surface area (Å²) in [5, 5.41) is 23.8. The van der Waals surface area contributed by atoms with E-state index in [0.29, 0.717) is 10.7 Å². The molecule has 0 aromatic heterocycles.